The van der Waals surface area contributed by atoms with E-state index in [1.165, 1.54) is 47.4 Å². The monoisotopic (exact) mass is 359 g/mol. The normalized spacial score (nSPS) is 11.9. The van der Waals surface area contributed by atoms with E-state index in [4.69, 9.17) is 0 Å². The van der Waals surface area contributed by atoms with Crippen molar-refractivity contribution in [2.45, 2.75) is 16.5 Å². The largest absolute Gasteiger partial charge is 0.325 e. The zero-order chi connectivity index (χ0) is 16.9. The van der Waals surface area contributed by atoms with E-state index in [-0.39, 0.29) is 11.7 Å². The third-order valence-corrected chi connectivity index (χ3v) is 5.36. The van der Waals surface area contributed by atoms with Gasteiger partial charge in [0, 0.05) is 5.69 Å². The molecular formula is C17H14FN3OS2. The summed E-state index contributed by atoms with van der Waals surface area (Å²) in [7, 11) is 0. The van der Waals surface area contributed by atoms with Crippen LogP contribution in [0.25, 0.3) is 0 Å². The predicted octanol–water partition coefficient (Wildman–Crippen LogP) is 4.46. The van der Waals surface area contributed by atoms with Crippen LogP contribution < -0.4 is 5.32 Å². The molecule has 1 atom stereocenters. The molecule has 1 N–H and O–H groups in total. The van der Waals surface area contributed by atoms with Crippen LogP contribution in [0.15, 0.2) is 58.9 Å². The Kier molecular flexibility index (Phi) is 5.22. The van der Waals surface area contributed by atoms with E-state index in [0.29, 0.717) is 5.69 Å². The van der Waals surface area contributed by atoms with Crippen LogP contribution in [0.5, 0.6) is 0 Å². The fraction of sp³-hybridized carbons (Fsp3) is 0.118. The lowest BCUT2D eigenvalue weighted by Crippen LogP contribution is -2.19. The number of nitrogens with one attached hydrogen (secondary N) is 1. The second kappa shape index (κ2) is 7.55. The van der Waals surface area contributed by atoms with E-state index in [0.717, 1.165) is 14.9 Å². The molecule has 0 saturated carbocycles. The highest BCUT2D eigenvalue weighted by Gasteiger charge is 2.23. The molecule has 24 heavy (non-hydrogen) atoms. The second-order valence-corrected chi connectivity index (χ2v) is 7.53. The van der Waals surface area contributed by atoms with E-state index in [1.54, 1.807) is 0 Å². The van der Waals surface area contributed by atoms with Gasteiger partial charge in [0.1, 0.15) is 16.1 Å². The number of anilines is 1. The van der Waals surface area contributed by atoms with E-state index in [1.807, 2.05) is 37.3 Å². The smallest absolute Gasteiger partial charge is 0.242 e. The van der Waals surface area contributed by atoms with Crippen molar-refractivity contribution in [1.29, 1.82) is 0 Å². The van der Waals surface area contributed by atoms with Gasteiger partial charge in [-0.05, 0) is 36.8 Å². The van der Waals surface area contributed by atoms with Crippen molar-refractivity contribution in [3.63, 3.8) is 0 Å². The molecule has 0 unspecified atom stereocenters. The highest BCUT2D eigenvalue weighted by Crippen LogP contribution is 2.37. The number of benzene rings is 2. The van der Waals surface area contributed by atoms with E-state index in [2.05, 4.69) is 15.5 Å². The molecule has 1 heterocycles. The van der Waals surface area contributed by atoms with Gasteiger partial charge >= 0.3 is 0 Å². The molecule has 3 aromatic rings. The molecule has 0 aliphatic heterocycles. The van der Waals surface area contributed by atoms with Crippen LogP contribution in [-0.2, 0) is 4.79 Å². The van der Waals surface area contributed by atoms with Crippen LogP contribution in [0.3, 0.4) is 0 Å². The first-order valence-corrected chi connectivity index (χ1v) is 8.89. The summed E-state index contributed by atoms with van der Waals surface area (Å²) < 4.78 is 13.7. The summed E-state index contributed by atoms with van der Waals surface area (Å²) in [5.74, 6) is -0.531. The molecule has 122 valence electrons. The van der Waals surface area contributed by atoms with E-state index in [9.17, 15) is 9.18 Å². The van der Waals surface area contributed by atoms with Gasteiger partial charge in [0.25, 0.3) is 0 Å². The summed E-state index contributed by atoms with van der Waals surface area (Å²) in [5, 5.41) is 11.3. The van der Waals surface area contributed by atoms with Gasteiger partial charge in [-0.3, -0.25) is 4.79 Å². The van der Waals surface area contributed by atoms with Gasteiger partial charge in [-0.25, -0.2) is 4.39 Å². The van der Waals surface area contributed by atoms with Crippen LogP contribution in [0, 0.1) is 12.7 Å². The van der Waals surface area contributed by atoms with Gasteiger partial charge in [-0.1, -0.05) is 53.4 Å². The predicted molar refractivity (Wildman–Crippen MR) is 94.7 cm³/mol. The van der Waals surface area contributed by atoms with Gasteiger partial charge in [0.05, 0.1) is 0 Å². The summed E-state index contributed by atoms with van der Waals surface area (Å²) in [6.45, 7) is 1.87. The first-order valence-electron chi connectivity index (χ1n) is 7.20. The summed E-state index contributed by atoms with van der Waals surface area (Å²) in [4.78, 5) is 12.7. The molecule has 0 radical (unpaired) electrons. The zero-order valence-electron chi connectivity index (χ0n) is 12.8. The van der Waals surface area contributed by atoms with Gasteiger partial charge in [-0.15, -0.1) is 10.2 Å². The Hall–Kier alpha value is -2.25. The molecule has 3 rings (SSSR count). The minimum absolute atomic E-state index is 0.189. The van der Waals surface area contributed by atoms with Gasteiger partial charge in [0.2, 0.25) is 5.91 Å². The standard InChI is InChI=1S/C17H14FN3OS2/c1-11-20-21-17(23-11)24-15(12-5-3-2-4-6-12)16(22)19-14-9-7-13(18)8-10-14/h2-10,15H,1H3,(H,19,22)/t15-/m0/s1. The molecule has 7 heteroatoms. The Bertz CT molecular complexity index is 821. The number of carbonyl (C=O) groups excluding carboxylic acids is 1. The third kappa shape index (κ3) is 4.18. The molecule has 0 saturated heterocycles. The third-order valence-electron chi connectivity index (χ3n) is 3.18. The number of thioether (sulfide) groups is 1. The summed E-state index contributed by atoms with van der Waals surface area (Å²) in [6, 6.07) is 15.2. The van der Waals surface area contributed by atoms with Crippen molar-refractivity contribution < 1.29 is 9.18 Å². The lowest BCUT2D eigenvalue weighted by atomic mass is 10.1. The van der Waals surface area contributed by atoms with Gasteiger partial charge < -0.3 is 5.32 Å². The number of aromatic nitrogens is 2. The highest BCUT2D eigenvalue weighted by atomic mass is 32.2. The Balaban J connectivity index is 1.83. The maximum atomic E-state index is 13.0. The highest BCUT2D eigenvalue weighted by molar-refractivity contribution is 8.01. The Morgan fingerprint density at radius 1 is 1.12 bits per heavy atom. The fourth-order valence-corrected chi connectivity index (χ4v) is 4.08. The fourth-order valence-electron chi connectivity index (χ4n) is 2.07. The van der Waals surface area contributed by atoms with Crippen molar-refractivity contribution >= 4 is 34.7 Å². The SMILES string of the molecule is Cc1nnc(S[C@H](C(=O)Nc2ccc(F)cc2)c2ccccc2)s1. The van der Waals surface area contributed by atoms with Crippen molar-refractivity contribution in [3.05, 3.63) is 71.0 Å². The number of halogens is 1. The van der Waals surface area contributed by atoms with Crippen molar-refractivity contribution in [1.82, 2.24) is 10.2 Å². The molecule has 0 fully saturated rings. The quantitative estimate of drug-likeness (QED) is 0.684. The first kappa shape index (κ1) is 16.6. The molecule has 0 aliphatic rings. The first-order chi connectivity index (χ1) is 11.6. The van der Waals surface area contributed by atoms with Crippen LogP contribution >= 0.6 is 23.1 Å². The summed E-state index contributed by atoms with van der Waals surface area (Å²) in [5.41, 5.74) is 1.42. The van der Waals surface area contributed by atoms with Crippen LogP contribution in [0.4, 0.5) is 10.1 Å². The lowest BCUT2D eigenvalue weighted by Gasteiger charge is -2.15. The minimum atomic E-state index is -0.469. The maximum Gasteiger partial charge on any atom is 0.242 e. The number of aryl methyl sites for hydroxylation is 1. The van der Waals surface area contributed by atoms with E-state index >= 15 is 0 Å². The number of nitrogens with zero attached hydrogens (tertiary/aromatic N) is 2. The molecule has 4 nitrogen and oxygen atoms in total. The second-order valence-electron chi connectivity index (χ2n) is 4.99. The Morgan fingerprint density at radius 3 is 2.46 bits per heavy atom. The summed E-state index contributed by atoms with van der Waals surface area (Å²) in [6.07, 6.45) is 0. The van der Waals surface area contributed by atoms with Crippen LogP contribution in [-0.4, -0.2) is 16.1 Å². The topological polar surface area (TPSA) is 54.9 Å². The van der Waals surface area contributed by atoms with Crippen molar-refractivity contribution in [3.8, 4) is 0 Å². The Morgan fingerprint density at radius 2 is 1.83 bits per heavy atom. The average Bonchev–Trinajstić information content (AvgIpc) is 3.00. The lowest BCUT2D eigenvalue weighted by molar-refractivity contribution is -0.115. The number of hydrogen-bond donors (Lipinski definition) is 1. The zero-order valence-corrected chi connectivity index (χ0v) is 14.4. The molecule has 2 aromatic carbocycles. The van der Waals surface area contributed by atoms with Crippen molar-refractivity contribution in [2.24, 2.45) is 0 Å². The van der Waals surface area contributed by atoms with Gasteiger partial charge in [0.15, 0.2) is 4.34 Å². The van der Waals surface area contributed by atoms with Crippen molar-refractivity contribution in [2.75, 3.05) is 5.32 Å². The minimum Gasteiger partial charge on any atom is -0.325 e. The maximum absolute atomic E-state index is 13.0. The van der Waals surface area contributed by atoms with Crippen LogP contribution in [0.1, 0.15) is 15.8 Å². The van der Waals surface area contributed by atoms with E-state index < -0.39 is 5.25 Å². The number of carbonyl (C=O) groups is 1. The molecule has 0 bridgehead atoms. The molecule has 1 amide bonds. The number of amides is 1. The number of hydrogen-bond acceptors (Lipinski definition) is 5. The molecule has 0 aliphatic carbocycles. The molecular weight excluding hydrogens is 345 g/mol. The van der Waals surface area contributed by atoms with Crippen LogP contribution in [0.2, 0.25) is 0 Å². The van der Waals surface area contributed by atoms with Gasteiger partial charge in [-0.2, -0.15) is 0 Å². The molecule has 0 spiro atoms. The number of rotatable bonds is 5. The summed E-state index contributed by atoms with van der Waals surface area (Å²) >= 11 is 2.80. The Labute approximate surface area is 147 Å². The average molecular weight is 359 g/mol. The molecule has 1 aromatic heterocycles.